The molecule has 152 valence electrons. The van der Waals surface area contributed by atoms with Crippen LogP contribution in [0.25, 0.3) is 6.08 Å². The molecule has 0 aliphatic carbocycles. The van der Waals surface area contributed by atoms with Gasteiger partial charge >= 0.3 is 6.09 Å². The number of ether oxygens (including phenoxy) is 2. The van der Waals surface area contributed by atoms with Crippen LogP contribution >= 0.6 is 0 Å². The van der Waals surface area contributed by atoms with Gasteiger partial charge in [-0.25, -0.2) is 9.69 Å². The predicted molar refractivity (Wildman–Crippen MR) is 109 cm³/mol. The molecule has 3 rings (SSSR count). The number of benzene rings is 2. The highest BCUT2D eigenvalue weighted by atomic mass is 16.6. The van der Waals surface area contributed by atoms with Crippen molar-refractivity contribution in [3.05, 3.63) is 77.9 Å². The molecular weight excluding hydrogens is 370 g/mol. The van der Waals surface area contributed by atoms with Gasteiger partial charge in [0.15, 0.2) is 0 Å². The summed E-state index contributed by atoms with van der Waals surface area (Å²) in [5.41, 5.74) is 1.92. The van der Waals surface area contributed by atoms with E-state index in [9.17, 15) is 14.7 Å². The first kappa shape index (κ1) is 20.8. The fraction of sp³-hybridized carbons (Fsp3) is 0.304. The molecule has 2 aromatic carbocycles. The van der Waals surface area contributed by atoms with Gasteiger partial charge in [0.1, 0.15) is 12.6 Å². The molecule has 0 radical (unpaired) electrons. The Labute approximate surface area is 170 Å². The Hall–Kier alpha value is -2.96. The zero-order valence-electron chi connectivity index (χ0n) is 16.3. The van der Waals surface area contributed by atoms with Crippen LogP contribution in [0.4, 0.5) is 4.79 Å². The van der Waals surface area contributed by atoms with Gasteiger partial charge in [0.05, 0.1) is 25.2 Å². The third-order valence-corrected chi connectivity index (χ3v) is 4.81. The molecule has 0 bridgehead atoms. The molecule has 1 aliphatic heterocycles. The van der Waals surface area contributed by atoms with E-state index in [1.54, 1.807) is 19.1 Å². The van der Waals surface area contributed by atoms with E-state index in [0.717, 1.165) is 16.0 Å². The second kappa shape index (κ2) is 10.0. The number of amides is 2. The lowest BCUT2D eigenvalue weighted by Crippen LogP contribution is -2.46. The summed E-state index contributed by atoms with van der Waals surface area (Å²) in [5, 5.41) is 10.4. The van der Waals surface area contributed by atoms with E-state index < -0.39 is 30.1 Å². The topological polar surface area (TPSA) is 76.1 Å². The van der Waals surface area contributed by atoms with Crippen molar-refractivity contribution in [3.8, 4) is 0 Å². The van der Waals surface area contributed by atoms with Crippen molar-refractivity contribution < 1.29 is 24.2 Å². The van der Waals surface area contributed by atoms with E-state index in [1.807, 2.05) is 60.7 Å². The smallest absolute Gasteiger partial charge is 0.417 e. The minimum atomic E-state index is -1.03. The van der Waals surface area contributed by atoms with Gasteiger partial charge in [0, 0.05) is 0 Å². The van der Waals surface area contributed by atoms with E-state index in [0.29, 0.717) is 6.61 Å². The van der Waals surface area contributed by atoms with Gasteiger partial charge in [0.2, 0.25) is 5.91 Å². The summed E-state index contributed by atoms with van der Waals surface area (Å²) in [6.45, 7) is 2.23. The second-order valence-electron chi connectivity index (χ2n) is 6.99. The molecule has 1 heterocycles. The zero-order chi connectivity index (χ0) is 20.6. The quantitative estimate of drug-likeness (QED) is 0.743. The first-order valence-corrected chi connectivity index (χ1v) is 9.59. The molecule has 3 atom stereocenters. The molecular formula is C23H25NO5. The summed E-state index contributed by atoms with van der Waals surface area (Å²) in [5.74, 6) is -1.27. The molecule has 1 N–H and O–H groups in total. The molecule has 0 aromatic heterocycles. The van der Waals surface area contributed by atoms with E-state index in [-0.39, 0.29) is 13.2 Å². The number of aliphatic hydroxyl groups is 1. The van der Waals surface area contributed by atoms with Gasteiger partial charge in [-0.3, -0.25) is 4.79 Å². The Bertz CT molecular complexity index is 837. The van der Waals surface area contributed by atoms with E-state index in [1.165, 1.54) is 0 Å². The number of cyclic esters (lactones) is 1. The Morgan fingerprint density at radius 2 is 1.86 bits per heavy atom. The summed E-state index contributed by atoms with van der Waals surface area (Å²) in [6, 6.07) is 18.6. The average molecular weight is 395 g/mol. The number of carbonyl (C=O) groups is 2. The summed E-state index contributed by atoms with van der Waals surface area (Å²) in [4.78, 5) is 26.0. The molecule has 1 saturated heterocycles. The second-order valence-corrected chi connectivity index (χ2v) is 6.99. The van der Waals surface area contributed by atoms with Crippen LogP contribution in [0.5, 0.6) is 0 Å². The van der Waals surface area contributed by atoms with Crippen LogP contribution in [-0.2, 0) is 20.9 Å². The van der Waals surface area contributed by atoms with Crippen molar-refractivity contribution in [2.45, 2.75) is 25.7 Å². The van der Waals surface area contributed by atoms with Crippen LogP contribution in [0.3, 0.4) is 0 Å². The maximum absolute atomic E-state index is 12.8. The largest absolute Gasteiger partial charge is 0.447 e. The number of carbonyl (C=O) groups excluding carboxylic acids is 2. The highest BCUT2D eigenvalue weighted by Gasteiger charge is 2.41. The molecule has 1 aliphatic rings. The predicted octanol–water partition coefficient (Wildman–Crippen LogP) is 3.26. The summed E-state index contributed by atoms with van der Waals surface area (Å²) < 4.78 is 10.7. The Morgan fingerprint density at radius 1 is 1.21 bits per heavy atom. The van der Waals surface area contributed by atoms with Gasteiger partial charge in [-0.2, -0.15) is 0 Å². The summed E-state index contributed by atoms with van der Waals surface area (Å²) in [7, 11) is 0. The number of rotatable bonds is 8. The van der Waals surface area contributed by atoms with Crippen LogP contribution in [0, 0.1) is 5.92 Å². The Kier molecular flexibility index (Phi) is 7.16. The number of aliphatic hydroxyl groups excluding tert-OH is 1. The van der Waals surface area contributed by atoms with Crippen molar-refractivity contribution in [1.29, 1.82) is 0 Å². The third-order valence-electron chi connectivity index (χ3n) is 4.81. The van der Waals surface area contributed by atoms with Crippen molar-refractivity contribution in [1.82, 2.24) is 4.90 Å². The number of hydrogen-bond donors (Lipinski definition) is 1. The van der Waals surface area contributed by atoms with Crippen molar-refractivity contribution in [2.75, 3.05) is 13.2 Å². The average Bonchev–Trinajstić information content (AvgIpc) is 3.12. The minimum Gasteiger partial charge on any atom is -0.447 e. The van der Waals surface area contributed by atoms with E-state index >= 15 is 0 Å². The zero-order valence-corrected chi connectivity index (χ0v) is 16.3. The summed E-state index contributed by atoms with van der Waals surface area (Å²) in [6.07, 6.45) is 1.58. The number of imide groups is 1. The summed E-state index contributed by atoms with van der Waals surface area (Å²) >= 11 is 0. The molecule has 0 spiro atoms. The normalized spacial score (nSPS) is 18.6. The highest BCUT2D eigenvalue weighted by Crippen LogP contribution is 2.20. The lowest BCUT2D eigenvalue weighted by molar-refractivity contribution is -0.136. The molecule has 0 unspecified atom stereocenters. The van der Waals surface area contributed by atoms with E-state index in [2.05, 4.69) is 0 Å². The van der Waals surface area contributed by atoms with Crippen molar-refractivity contribution in [2.24, 2.45) is 5.92 Å². The molecule has 0 saturated carbocycles. The molecule has 6 heteroatoms. The third kappa shape index (κ3) is 5.53. The molecule has 2 aromatic rings. The van der Waals surface area contributed by atoms with Crippen molar-refractivity contribution >= 4 is 18.1 Å². The maximum atomic E-state index is 12.8. The molecule has 1 fully saturated rings. The van der Waals surface area contributed by atoms with Gasteiger partial charge in [-0.15, -0.1) is 0 Å². The molecule has 6 nitrogen and oxygen atoms in total. The molecule has 29 heavy (non-hydrogen) atoms. The Morgan fingerprint density at radius 3 is 2.55 bits per heavy atom. The lowest BCUT2D eigenvalue weighted by atomic mass is 10.0. The van der Waals surface area contributed by atoms with Gasteiger partial charge in [0.25, 0.3) is 0 Å². The fourth-order valence-corrected chi connectivity index (χ4v) is 3.05. The van der Waals surface area contributed by atoms with Crippen LogP contribution in [0.1, 0.15) is 18.1 Å². The molecule has 2 amide bonds. The minimum absolute atomic E-state index is 0.0854. The first-order chi connectivity index (χ1) is 14.1. The van der Waals surface area contributed by atoms with Crippen LogP contribution in [0.2, 0.25) is 0 Å². The van der Waals surface area contributed by atoms with Crippen LogP contribution < -0.4 is 0 Å². The Balaban J connectivity index is 1.57. The fourth-order valence-electron chi connectivity index (χ4n) is 3.05. The van der Waals surface area contributed by atoms with Gasteiger partial charge in [-0.05, 0) is 11.1 Å². The van der Waals surface area contributed by atoms with Gasteiger partial charge in [-0.1, -0.05) is 79.7 Å². The van der Waals surface area contributed by atoms with Crippen LogP contribution in [0.15, 0.2) is 66.7 Å². The monoisotopic (exact) mass is 395 g/mol. The standard InChI is InChI=1S/C23H25NO5/c1-17(21(25)13-12-18-8-4-2-5-9-18)22(26)24-20(16-29-23(24)27)15-28-14-19-10-6-3-7-11-19/h2-13,17,20-21,25H,14-16H2,1H3/b13-12+/t17-,20-,21+/m1/s1. The van der Waals surface area contributed by atoms with E-state index in [4.69, 9.17) is 9.47 Å². The number of hydrogen-bond acceptors (Lipinski definition) is 5. The van der Waals surface area contributed by atoms with Crippen molar-refractivity contribution in [3.63, 3.8) is 0 Å². The van der Waals surface area contributed by atoms with Crippen LogP contribution in [-0.4, -0.2) is 47.4 Å². The maximum Gasteiger partial charge on any atom is 0.417 e. The highest BCUT2D eigenvalue weighted by molar-refractivity contribution is 5.95. The first-order valence-electron chi connectivity index (χ1n) is 9.59. The SMILES string of the molecule is C[C@@H](C(=O)N1C(=O)OC[C@H]1COCc1ccccc1)[C@@H](O)/C=C/c1ccccc1. The number of nitrogens with zero attached hydrogens (tertiary/aromatic N) is 1. The lowest BCUT2D eigenvalue weighted by Gasteiger charge is -2.24. The van der Waals surface area contributed by atoms with Gasteiger partial charge < -0.3 is 14.6 Å².